The highest BCUT2D eigenvalue weighted by molar-refractivity contribution is 6.12. The van der Waals surface area contributed by atoms with Crippen molar-refractivity contribution in [2.45, 2.75) is 25.3 Å². The predicted octanol–water partition coefficient (Wildman–Crippen LogP) is 13.3. The smallest absolute Gasteiger partial charge is 0.104 e. The molecule has 2 atom stereocenters. The Hall–Kier alpha value is -7.04. The monoisotopic (exact) mass is 759 g/mol. The largest absolute Gasteiger partial charge is 0.366 e. The number of hydrogen-bond donors (Lipinski definition) is 3. The summed E-state index contributed by atoms with van der Waals surface area (Å²) in [5, 5.41) is 16.2. The first-order chi connectivity index (χ1) is 29.2. The van der Waals surface area contributed by atoms with Crippen LogP contribution in [0.1, 0.15) is 40.0 Å². The average molecular weight is 760 g/mol. The second-order valence-electron chi connectivity index (χ2n) is 15.4. The molecule has 0 spiro atoms. The van der Waals surface area contributed by atoms with E-state index < -0.39 is 0 Å². The second kappa shape index (κ2) is 16.4. The van der Waals surface area contributed by atoms with Crippen molar-refractivity contribution < 1.29 is 0 Å². The van der Waals surface area contributed by atoms with Gasteiger partial charge in [-0.25, -0.2) is 0 Å². The predicted molar refractivity (Wildman–Crippen MR) is 247 cm³/mol. The molecule has 1 aliphatic heterocycles. The Kier molecular flexibility index (Phi) is 10.1. The summed E-state index contributed by atoms with van der Waals surface area (Å²) in [7, 11) is 0. The molecule has 2 unspecified atom stereocenters. The Labute approximate surface area is 346 Å². The Morgan fingerprint density at radius 1 is 0.356 bits per heavy atom. The quantitative estimate of drug-likeness (QED) is 0.130. The van der Waals surface area contributed by atoms with Crippen LogP contribution in [0.15, 0.2) is 218 Å². The number of hydrogen-bond acceptors (Lipinski definition) is 3. The molecule has 0 aromatic heterocycles. The molecule has 0 aliphatic carbocycles. The van der Waals surface area contributed by atoms with Crippen LogP contribution < -0.4 is 16.0 Å². The Bertz CT molecular complexity index is 2880. The molecule has 3 heteroatoms. The minimum atomic E-state index is -0.0128. The molecule has 0 amide bonds. The van der Waals surface area contributed by atoms with Gasteiger partial charge in [0, 0.05) is 18.8 Å². The van der Waals surface area contributed by atoms with Gasteiger partial charge in [-0.15, -0.1) is 0 Å². The summed E-state index contributed by atoms with van der Waals surface area (Å²) in [5.41, 5.74) is 14.7. The minimum absolute atomic E-state index is 0.0128. The third kappa shape index (κ3) is 7.58. The van der Waals surface area contributed by atoms with Gasteiger partial charge in [-0.05, 0) is 88.8 Å². The van der Waals surface area contributed by atoms with Gasteiger partial charge < -0.3 is 10.6 Å². The van der Waals surface area contributed by atoms with E-state index in [1.807, 2.05) is 0 Å². The minimum Gasteiger partial charge on any atom is -0.366 e. The molecule has 9 aromatic rings. The zero-order chi connectivity index (χ0) is 39.4. The lowest BCUT2D eigenvalue weighted by atomic mass is 9.88. The Morgan fingerprint density at radius 2 is 0.763 bits per heavy atom. The molecule has 3 N–H and O–H groups in total. The van der Waals surface area contributed by atoms with E-state index in [1.54, 1.807) is 0 Å². The Balaban J connectivity index is 0.943. The van der Waals surface area contributed by atoms with E-state index in [0.717, 1.165) is 18.8 Å². The highest BCUT2D eigenvalue weighted by Gasteiger charge is 2.24. The normalized spacial score (nSPS) is 15.2. The number of fused-ring (bicyclic) bond motifs is 2. The molecule has 1 aliphatic rings. The van der Waals surface area contributed by atoms with Gasteiger partial charge in [0.15, 0.2) is 0 Å². The third-order valence-electron chi connectivity index (χ3n) is 11.7. The van der Waals surface area contributed by atoms with Gasteiger partial charge in [-0.2, -0.15) is 0 Å². The van der Waals surface area contributed by atoms with E-state index in [4.69, 9.17) is 0 Å². The van der Waals surface area contributed by atoms with Crippen LogP contribution in [-0.2, 0) is 13.1 Å². The van der Waals surface area contributed by atoms with Crippen molar-refractivity contribution in [2.24, 2.45) is 0 Å². The van der Waals surface area contributed by atoms with Crippen LogP contribution in [0, 0.1) is 0 Å². The first-order valence-corrected chi connectivity index (χ1v) is 20.6. The maximum atomic E-state index is 3.81. The summed E-state index contributed by atoms with van der Waals surface area (Å²) in [4.78, 5) is 0. The summed E-state index contributed by atoms with van der Waals surface area (Å²) in [6.07, 6.45) is 2.30. The van der Waals surface area contributed by atoms with Crippen molar-refractivity contribution in [2.75, 3.05) is 0 Å². The second-order valence-corrected chi connectivity index (χ2v) is 15.4. The van der Waals surface area contributed by atoms with Gasteiger partial charge >= 0.3 is 0 Å². The van der Waals surface area contributed by atoms with E-state index in [0.29, 0.717) is 0 Å². The maximum absolute atomic E-state index is 3.81. The van der Waals surface area contributed by atoms with Crippen LogP contribution in [0.5, 0.6) is 0 Å². The van der Waals surface area contributed by atoms with Crippen LogP contribution >= 0.6 is 0 Å². The fraction of sp³-hybridized carbons (Fsp3) is 0.0714. The van der Waals surface area contributed by atoms with Crippen LogP contribution in [0.3, 0.4) is 0 Å². The summed E-state index contributed by atoms with van der Waals surface area (Å²) < 4.78 is 0. The fourth-order valence-corrected chi connectivity index (χ4v) is 8.65. The molecule has 0 fully saturated rings. The lowest BCUT2D eigenvalue weighted by Crippen LogP contribution is -2.39. The highest BCUT2D eigenvalue weighted by atomic mass is 15.2. The number of benzene rings is 9. The molecular weight excluding hydrogens is 715 g/mol. The highest BCUT2D eigenvalue weighted by Crippen LogP contribution is 2.41. The standard InChI is InChI=1S/C56H45N3/c1-4-14-39(15-5-1)37-57-38-40-24-26-41(27-25-40)46-32-34-52(50-22-12-10-20-48(46)50)53-35-33-47(49-21-11-13-23-51(49)53)42-28-30-44(31-29-42)55-36-54(43-16-6-2-7-17-43)58-56(59-55)45-18-8-3-9-19-45/h1-36,54,56-59H,37-38H2. The van der Waals surface area contributed by atoms with Crippen molar-refractivity contribution in [1.82, 2.24) is 16.0 Å². The zero-order valence-corrected chi connectivity index (χ0v) is 32.9. The van der Waals surface area contributed by atoms with Gasteiger partial charge in [-0.3, -0.25) is 5.32 Å². The van der Waals surface area contributed by atoms with E-state index in [2.05, 4.69) is 234 Å². The van der Waals surface area contributed by atoms with Crippen molar-refractivity contribution in [1.29, 1.82) is 0 Å². The zero-order valence-electron chi connectivity index (χ0n) is 32.9. The molecule has 3 nitrogen and oxygen atoms in total. The van der Waals surface area contributed by atoms with Gasteiger partial charge in [0.05, 0.1) is 6.04 Å². The van der Waals surface area contributed by atoms with Crippen molar-refractivity contribution in [3.63, 3.8) is 0 Å². The molecule has 0 saturated heterocycles. The maximum Gasteiger partial charge on any atom is 0.104 e. The van der Waals surface area contributed by atoms with E-state index in [9.17, 15) is 0 Å². The summed E-state index contributed by atoms with van der Waals surface area (Å²) in [6, 6.07) is 76.9. The molecule has 0 saturated carbocycles. The van der Waals surface area contributed by atoms with Crippen LogP contribution in [0.2, 0.25) is 0 Å². The molecule has 1 heterocycles. The van der Waals surface area contributed by atoms with Crippen molar-refractivity contribution >= 4 is 27.2 Å². The lowest BCUT2D eigenvalue weighted by Gasteiger charge is -2.33. The van der Waals surface area contributed by atoms with Gasteiger partial charge in [0.25, 0.3) is 0 Å². The Morgan fingerprint density at radius 3 is 1.31 bits per heavy atom. The van der Waals surface area contributed by atoms with Gasteiger partial charge in [-0.1, -0.05) is 212 Å². The molecule has 10 rings (SSSR count). The molecule has 9 aromatic carbocycles. The van der Waals surface area contributed by atoms with Crippen molar-refractivity contribution in [3.05, 3.63) is 246 Å². The topological polar surface area (TPSA) is 36.1 Å². The van der Waals surface area contributed by atoms with E-state index in [1.165, 1.54) is 82.7 Å². The molecule has 59 heavy (non-hydrogen) atoms. The SMILES string of the molecule is C1=C(c2ccc(-c3ccc(-c4ccc(-c5ccc(CNCc6ccccc6)cc5)c5ccccc45)c4ccccc34)cc2)NC(c2ccccc2)NC1c1ccccc1. The first kappa shape index (κ1) is 36.3. The van der Waals surface area contributed by atoms with E-state index in [-0.39, 0.29) is 12.2 Å². The van der Waals surface area contributed by atoms with Gasteiger partial charge in [0.1, 0.15) is 6.17 Å². The average Bonchev–Trinajstić information content (AvgIpc) is 3.32. The first-order valence-electron chi connectivity index (χ1n) is 20.6. The van der Waals surface area contributed by atoms with Crippen LogP contribution in [-0.4, -0.2) is 0 Å². The summed E-state index contributed by atoms with van der Waals surface area (Å²) >= 11 is 0. The summed E-state index contributed by atoms with van der Waals surface area (Å²) in [5.74, 6) is 0. The van der Waals surface area contributed by atoms with Crippen LogP contribution in [0.4, 0.5) is 0 Å². The number of nitrogens with one attached hydrogen (secondary N) is 3. The van der Waals surface area contributed by atoms with Crippen molar-refractivity contribution in [3.8, 4) is 33.4 Å². The number of rotatable bonds is 10. The van der Waals surface area contributed by atoms with Crippen LogP contribution in [0.25, 0.3) is 60.6 Å². The lowest BCUT2D eigenvalue weighted by molar-refractivity contribution is 0.442. The fourth-order valence-electron chi connectivity index (χ4n) is 8.65. The molecule has 0 radical (unpaired) electrons. The molecule has 0 bridgehead atoms. The van der Waals surface area contributed by atoms with E-state index >= 15 is 0 Å². The molecule has 284 valence electrons. The third-order valence-corrected chi connectivity index (χ3v) is 11.7. The van der Waals surface area contributed by atoms with Gasteiger partial charge in [0.2, 0.25) is 0 Å². The summed E-state index contributed by atoms with van der Waals surface area (Å²) in [6.45, 7) is 1.69. The molecular formula is C56H45N3.